The van der Waals surface area contributed by atoms with Crippen molar-refractivity contribution in [1.29, 1.82) is 0 Å². The summed E-state index contributed by atoms with van der Waals surface area (Å²) in [7, 11) is 1.94. The summed E-state index contributed by atoms with van der Waals surface area (Å²) in [6.45, 7) is 1.87. The van der Waals surface area contributed by atoms with E-state index in [2.05, 4.69) is 16.1 Å². The van der Waals surface area contributed by atoms with Gasteiger partial charge in [0.05, 0.1) is 12.3 Å². The van der Waals surface area contributed by atoms with E-state index in [0.29, 0.717) is 6.04 Å². The molecule has 1 fully saturated rings. The highest BCUT2D eigenvalue weighted by atomic mass is 16.3. The molecule has 0 unspecified atom stereocenters. The van der Waals surface area contributed by atoms with Gasteiger partial charge in [0.2, 0.25) is 0 Å². The number of rotatable bonds is 5. The molecule has 0 saturated heterocycles. The number of aromatic nitrogens is 2. The molecule has 1 aromatic rings. The molecule has 90 valence electrons. The van der Waals surface area contributed by atoms with Crippen LogP contribution in [0.5, 0.6) is 0 Å². The molecule has 0 amide bonds. The van der Waals surface area contributed by atoms with Crippen molar-refractivity contribution in [1.82, 2.24) is 14.7 Å². The summed E-state index contributed by atoms with van der Waals surface area (Å²) in [6.07, 6.45) is 7.17. The molecule has 0 atom stereocenters. The van der Waals surface area contributed by atoms with E-state index in [0.717, 1.165) is 18.8 Å². The lowest BCUT2D eigenvalue weighted by Crippen LogP contribution is -2.35. The molecule has 1 aliphatic rings. The molecule has 4 heteroatoms. The highest BCUT2D eigenvalue weighted by Crippen LogP contribution is 2.24. The van der Waals surface area contributed by atoms with Crippen LogP contribution in [0.4, 0.5) is 0 Å². The second-order valence-electron chi connectivity index (χ2n) is 4.61. The Morgan fingerprint density at radius 1 is 1.50 bits per heavy atom. The number of aliphatic hydroxyl groups is 1. The zero-order chi connectivity index (χ0) is 11.4. The molecule has 0 aliphatic heterocycles. The van der Waals surface area contributed by atoms with E-state index in [1.165, 1.54) is 25.7 Å². The summed E-state index contributed by atoms with van der Waals surface area (Å²) >= 11 is 0. The summed E-state index contributed by atoms with van der Waals surface area (Å²) in [6, 6.07) is 2.70. The van der Waals surface area contributed by atoms with Crippen LogP contribution in [0.25, 0.3) is 0 Å². The summed E-state index contributed by atoms with van der Waals surface area (Å²) in [5.74, 6) is 0. The first-order valence-electron chi connectivity index (χ1n) is 6.13. The monoisotopic (exact) mass is 223 g/mol. The number of aliphatic hydroxyl groups excluding tert-OH is 1. The Hall–Kier alpha value is -0.870. The minimum atomic E-state index is 0.239. The van der Waals surface area contributed by atoms with Crippen molar-refractivity contribution in [3.8, 4) is 0 Å². The predicted octanol–water partition coefficient (Wildman–Crippen LogP) is 1.16. The van der Waals surface area contributed by atoms with Crippen LogP contribution in [-0.4, -0.2) is 39.0 Å². The lowest BCUT2D eigenvalue weighted by atomic mass is 10.2. The summed E-state index contributed by atoms with van der Waals surface area (Å²) < 4.78 is 1.83. The van der Waals surface area contributed by atoms with Crippen molar-refractivity contribution in [2.45, 2.75) is 38.3 Å². The van der Waals surface area contributed by atoms with Gasteiger partial charge in [-0.05, 0) is 18.9 Å². The van der Waals surface area contributed by atoms with Gasteiger partial charge in [0.25, 0.3) is 0 Å². The van der Waals surface area contributed by atoms with Gasteiger partial charge in [-0.1, -0.05) is 12.8 Å². The zero-order valence-electron chi connectivity index (χ0n) is 9.97. The minimum Gasteiger partial charge on any atom is -0.395 e. The lowest BCUT2D eigenvalue weighted by molar-refractivity contribution is 0.143. The van der Waals surface area contributed by atoms with Gasteiger partial charge in [0.1, 0.15) is 0 Å². The average molecular weight is 223 g/mol. The normalized spacial score (nSPS) is 17.4. The van der Waals surface area contributed by atoms with E-state index < -0.39 is 0 Å². The fourth-order valence-corrected chi connectivity index (χ4v) is 2.54. The van der Waals surface area contributed by atoms with Crippen LogP contribution in [0, 0.1) is 0 Å². The third-order valence-corrected chi connectivity index (χ3v) is 3.36. The molecule has 1 saturated carbocycles. The highest BCUT2D eigenvalue weighted by Gasteiger charge is 2.22. The molecule has 0 radical (unpaired) electrons. The molecule has 0 spiro atoms. The van der Waals surface area contributed by atoms with E-state index in [-0.39, 0.29) is 6.61 Å². The Labute approximate surface area is 96.9 Å². The maximum atomic E-state index is 9.11. The zero-order valence-corrected chi connectivity index (χ0v) is 9.97. The fourth-order valence-electron chi connectivity index (χ4n) is 2.54. The van der Waals surface area contributed by atoms with Crippen LogP contribution in [0.15, 0.2) is 12.3 Å². The SMILES string of the molecule is Cn1ccc(CN(CCO)C2CCCC2)n1. The van der Waals surface area contributed by atoms with E-state index in [4.69, 9.17) is 5.11 Å². The van der Waals surface area contributed by atoms with Gasteiger partial charge in [-0.25, -0.2) is 0 Å². The summed E-state index contributed by atoms with van der Waals surface area (Å²) in [5, 5.41) is 13.5. The molecule has 2 rings (SSSR count). The largest absolute Gasteiger partial charge is 0.395 e. The number of hydrogen-bond acceptors (Lipinski definition) is 3. The second kappa shape index (κ2) is 5.46. The summed E-state index contributed by atoms with van der Waals surface area (Å²) in [5.41, 5.74) is 1.10. The van der Waals surface area contributed by atoms with Gasteiger partial charge in [-0.15, -0.1) is 0 Å². The minimum absolute atomic E-state index is 0.239. The van der Waals surface area contributed by atoms with E-state index in [1.54, 1.807) is 0 Å². The fraction of sp³-hybridized carbons (Fsp3) is 0.750. The van der Waals surface area contributed by atoms with Gasteiger partial charge in [-0.3, -0.25) is 9.58 Å². The Bertz CT molecular complexity index is 318. The topological polar surface area (TPSA) is 41.3 Å². The standard InChI is InChI=1S/C12H21N3O/c1-14-7-6-11(13-14)10-15(8-9-16)12-4-2-3-5-12/h6-7,12,16H,2-5,8-10H2,1H3. The van der Waals surface area contributed by atoms with Crippen LogP contribution in [0.1, 0.15) is 31.4 Å². The molecule has 16 heavy (non-hydrogen) atoms. The predicted molar refractivity (Wildman–Crippen MR) is 63.0 cm³/mol. The Balaban J connectivity index is 1.96. The van der Waals surface area contributed by atoms with E-state index in [9.17, 15) is 0 Å². The smallest absolute Gasteiger partial charge is 0.0764 e. The molecule has 1 aliphatic carbocycles. The Morgan fingerprint density at radius 2 is 2.25 bits per heavy atom. The molecule has 4 nitrogen and oxygen atoms in total. The van der Waals surface area contributed by atoms with Crippen LogP contribution < -0.4 is 0 Å². The van der Waals surface area contributed by atoms with Crippen molar-refractivity contribution < 1.29 is 5.11 Å². The molecular formula is C12H21N3O. The molecular weight excluding hydrogens is 202 g/mol. The second-order valence-corrected chi connectivity index (χ2v) is 4.61. The quantitative estimate of drug-likeness (QED) is 0.814. The molecule has 0 aromatic carbocycles. The lowest BCUT2D eigenvalue weighted by Gasteiger charge is -2.27. The molecule has 1 N–H and O–H groups in total. The Morgan fingerprint density at radius 3 is 2.81 bits per heavy atom. The first-order chi connectivity index (χ1) is 7.79. The van der Waals surface area contributed by atoms with Crippen molar-refractivity contribution in [3.63, 3.8) is 0 Å². The molecule has 0 bridgehead atoms. The van der Waals surface area contributed by atoms with Crippen molar-refractivity contribution in [3.05, 3.63) is 18.0 Å². The highest BCUT2D eigenvalue weighted by molar-refractivity contribution is 4.99. The van der Waals surface area contributed by atoms with Crippen molar-refractivity contribution in [2.24, 2.45) is 7.05 Å². The van der Waals surface area contributed by atoms with Crippen LogP contribution in [-0.2, 0) is 13.6 Å². The van der Waals surface area contributed by atoms with Gasteiger partial charge >= 0.3 is 0 Å². The van der Waals surface area contributed by atoms with E-state index >= 15 is 0 Å². The van der Waals surface area contributed by atoms with Crippen molar-refractivity contribution >= 4 is 0 Å². The van der Waals surface area contributed by atoms with Gasteiger partial charge in [-0.2, -0.15) is 5.10 Å². The maximum Gasteiger partial charge on any atom is 0.0764 e. The first-order valence-corrected chi connectivity index (χ1v) is 6.13. The maximum absolute atomic E-state index is 9.11. The third-order valence-electron chi connectivity index (χ3n) is 3.36. The van der Waals surface area contributed by atoms with Crippen LogP contribution in [0.3, 0.4) is 0 Å². The van der Waals surface area contributed by atoms with Gasteiger partial charge < -0.3 is 5.11 Å². The third kappa shape index (κ3) is 2.83. The van der Waals surface area contributed by atoms with Crippen LogP contribution in [0.2, 0.25) is 0 Å². The van der Waals surface area contributed by atoms with E-state index in [1.807, 2.05) is 17.9 Å². The molecule has 1 aromatic heterocycles. The van der Waals surface area contributed by atoms with Gasteiger partial charge in [0.15, 0.2) is 0 Å². The molecule has 1 heterocycles. The summed E-state index contributed by atoms with van der Waals surface area (Å²) in [4.78, 5) is 2.37. The number of hydrogen-bond donors (Lipinski definition) is 1. The Kier molecular flexibility index (Phi) is 3.96. The van der Waals surface area contributed by atoms with Crippen molar-refractivity contribution in [2.75, 3.05) is 13.2 Å². The number of aryl methyl sites for hydroxylation is 1. The number of nitrogens with zero attached hydrogens (tertiary/aromatic N) is 3. The first kappa shape index (κ1) is 11.6. The average Bonchev–Trinajstić information content (AvgIpc) is 2.88. The van der Waals surface area contributed by atoms with Gasteiger partial charge in [0, 0.05) is 32.4 Å². The van der Waals surface area contributed by atoms with Crippen LogP contribution >= 0.6 is 0 Å².